The van der Waals surface area contributed by atoms with Gasteiger partial charge in [-0.15, -0.1) is 0 Å². The van der Waals surface area contributed by atoms with Crippen molar-refractivity contribution in [3.63, 3.8) is 0 Å². The number of fused-ring (bicyclic) bond motifs is 3. The maximum Gasteiger partial charge on any atom is 0.212 e. The lowest BCUT2D eigenvalue weighted by molar-refractivity contribution is -0.129. The molecule has 2 bridgehead atoms. The Morgan fingerprint density at radius 1 is 0.976 bits per heavy atom. The molecule has 3 saturated heterocycles. The average molecular weight is 557 g/mol. The minimum Gasteiger partial charge on any atom is -0.491 e. The molecule has 0 saturated carbocycles. The first-order valence-electron chi connectivity index (χ1n) is 14.4. The van der Waals surface area contributed by atoms with Crippen LogP contribution < -0.4 is 14.4 Å². The van der Waals surface area contributed by atoms with Gasteiger partial charge in [-0.25, -0.2) is 14.5 Å². The molecule has 0 aliphatic carbocycles. The number of anilines is 1. The summed E-state index contributed by atoms with van der Waals surface area (Å²) in [6, 6.07) is 7.16. The normalized spacial score (nSPS) is 21.2. The molecule has 214 valence electrons. The van der Waals surface area contributed by atoms with Gasteiger partial charge in [0, 0.05) is 69.2 Å². The first-order valence-corrected chi connectivity index (χ1v) is 14.4. The SMILES string of the molecule is COc1ccc(CN2CCN(c3cnc(-c4cc(OCCN5C6COCC5C6)cn5ncc(C)c45)cn3)CC2)cn1. The highest BCUT2D eigenvalue weighted by atomic mass is 16.5. The number of nitrogens with zero attached hydrogens (tertiary/aromatic N) is 8. The van der Waals surface area contributed by atoms with Gasteiger partial charge >= 0.3 is 0 Å². The molecule has 0 amide bonds. The molecule has 0 aromatic carbocycles. The summed E-state index contributed by atoms with van der Waals surface area (Å²) in [6.45, 7) is 9.87. The van der Waals surface area contributed by atoms with Crippen molar-refractivity contribution in [2.45, 2.75) is 32.0 Å². The molecule has 2 atom stereocenters. The number of piperazine rings is 1. The van der Waals surface area contributed by atoms with Crippen molar-refractivity contribution >= 4 is 11.3 Å². The molecule has 11 nitrogen and oxygen atoms in total. The van der Waals surface area contributed by atoms with Crippen LogP contribution >= 0.6 is 0 Å². The molecule has 7 heterocycles. The summed E-state index contributed by atoms with van der Waals surface area (Å²) in [6.07, 6.45) is 10.7. The van der Waals surface area contributed by atoms with Crippen molar-refractivity contribution in [2.75, 3.05) is 64.6 Å². The van der Waals surface area contributed by atoms with Crippen LogP contribution in [0.2, 0.25) is 0 Å². The Labute approximate surface area is 239 Å². The summed E-state index contributed by atoms with van der Waals surface area (Å²) in [5, 5.41) is 4.56. The fourth-order valence-corrected chi connectivity index (χ4v) is 6.21. The standard InChI is InChI=1S/C30H36N8O3/c1-21-13-34-38-18-25(41-10-9-37-23-11-24(37)20-40-19-23)12-26(30(21)38)27-15-32-28(16-31-27)36-7-5-35(6-8-36)17-22-3-4-29(39-2)33-14-22/h3-4,12-16,18,23-24H,5-11,17,19-20H2,1-2H3. The maximum absolute atomic E-state index is 6.23. The number of aromatic nitrogens is 5. The quantitative estimate of drug-likeness (QED) is 0.306. The average Bonchev–Trinajstić information content (AvgIpc) is 3.40. The van der Waals surface area contributed by atoms with Gasteiger partial charge in [0.05, 0.1) is 56.3 Å². The molecule has 41 heavy (non-hydrogen) atoms. The van der Waals surface area contributed by atoms with Gasteiger partial charge in [0.15, 0.2) is 0 Å². The van der Waals surface area contributed by atoms with Crippen LogP contribution in [-0.4, -0.2) is 106 Å². The predicted molar refractivity (Wildman–Crippen MR) is 154 cm³/mol. The number of aryl methyl sites for hydroxylation is 1. The maximum atomic E-state index is 6.23. The summed E-state index contributed by atoms with van der Waals surface area (Å²) in [4.78, 5) is 21.2. The first kappa shape index (κ1) is 26.1. The van der Waals surface area contributed by atoms with Crippen molar-refractivity contribution in [1.82, 2.24) is 34.4 Å². The van der Waals surface area contributed by atoms with Gasteiger partial charge in [0.1, 0.15) is 18.2 Å². The van der Waals surface area contributed by atoms with Gasteiger partial charge in [-0.1, -0.05) is 6.07 Å². The van der Waals surface area contributed by atoms with E-state index in [9.17, 15) is 0 Å². The third-order valence-electron chi connectivity index (χ3n) is 8.51. The van der Waals surface area contributed by atoms with E-state index < -0.39 is 0 Å². The number of hydrogen-bond acceptors (Lipinski definition) is 10. The van der Waals surface area contributed by atoms with E-state index in [2.05, 4.69) is 43.8 Å². The number of hydrogen-bond donors (Lipinski definition) is 0. The van der Waals surface area contributed by atoms with Crippen molar-refractivity contribution in [3.05, 3.63) is 60.3 Å². The summed E-state index contributed by atoms with van der Waals surface area (Å²) >= 11 is 0. The summed E-state index contributed by atoms with van der Waals surface area (Å²) < 4.78 is 18.9. The van der Waals surface area contributed by atoms with Crippen molar-refractivity contribution in [1.29, 1.82) is 0 Å². The lowest BCUT2D eigenvalue weighted by atomic mass is 9.91. The highest BCUT2D eigenvalue weighted by Crippen LogP contribution is 2.32. The van der Waals surface area contributed by atoms with E-state index >= 15 is 0 Å². The predicted octanol–water partition coefficient (Wildman–Crippen LogP) is 2.68. The second kappa shape index (κ2) is 11.2. The molecular weight excluding hydrogens is 520 g/mol. The molecule has 3 fully saturated rings. The second-order valence-electron chi connectivity index (χ2n) is 11.1. The van der Waals surface area contributed by atoms with Crippen LogP contribution in [-0.2, 0) is 11.3 Å². The Morgan fingerprint density at radius 3 is 2.54 bits per heavy atom. The van der Waals surface area contributed by atoms with Crippen LogP contribution in [0.15, 0.2) is 49.2 Å². The van der Waals surface area contributed by atoms with E-state index in [4.69, 9.17) is 24.2 Å². The van der Waals surface area contributed by atoms with Crippen LogP contribution in [0.4, 0.5) is 5.82 Å². The Morgan fingerprint density at radius 2 is 1.83 bits per heavy atom. The van der Waals surface area contributed by atoms with Gasteiger partial charge in [0.25, 0.3) is 0 Å². The largest absolute Gasteiger partial charge is 0.491 e. The molecule has 2 unspecified atom stereocenters. The molecule has 3 aliphatic rings. The summed E-state index contributed by atoms with van der Waals surface area (Å²) in [5.41, 5.74) is 5.09. The molecular formula is C30H36N8O3. The molecule has 0 N–H and O–H groups in total. The van der Waals surface area contributed by atoms with Gasteiger partial charge in [-0.2, -0.15) is 5.10 Å². The number of ether oxygens (including phenoxy) is 3. The van der Waals surface area contributed by atoms with Gasteiger partial charge in [-0.05, 0) is 30.5 Å². The number of rotatable bonds is 9. The Hall–Kier alpha value is -3.80. The van der Waals surface area contributed by atoms with Crippen LogP contribution in [0, 0.1) is 6.92 Å². The fraction of sp³-hybridized carbons (Fsp3) is 0.467. The van der Waals surface area contributed by atoms with E-state index in [1.807, 2.05) is 41.6 Å². The van der Waals surface area contributed by atoms with Gasteiger partial charge in [-0.3, -0.25) is 14.8 Å². The zero-order chi connectivity index (χ0) is 27.8. The van der Waals surface area contributed by atoms with E-state index in [1.165, 1.54) is 12.0 Å². The number of pyridine rings is 2. The molecule has 4 aromatic rings. The highest BCUT2D eigenvalue weighted by molar-refractivity contribution is 5.81. The van der Waals surface area contributed by atoms with E-state index in [-0.39, 0.29) is 0 Å². The van der Waals surface area contributed by atoms with Crippen molar-refractivity contribution in [3.8, 4) is 22.9 Å². The molecule has 0 radical (unpaired) electrons. The lowest BCUT2D eigenvalue weighted by Crippen LogP contribution is -2.64. The topological polar surface area (TPSA) is 93.4 Å². The lowest BCUT2D eigenvalue weighted by Gasteiger charge is -2.52. The second-order valence-corrected chi connectivity index (χ2v) is 11.1. The smallest absolute Gasteiger partial charge is 0.212 e. The Kier molecular flexibility index (Phi) is 7.15. The van der Waals surface area contributed by atoms with Crippen molar-refractivity contribution in [2.24, 2.45) is 0 Å². The van der Waals surface area contributed by atoms with E-state index in [0.29, 0.717) is 24.6 Å². The number of morpholine rings is 1. The van der Waals surface area contributed by atoms with E-state index in [0.717, 1.165) is 86.4 Å². The molecule has 0 spiro atoms. The number of methoxy groups -OCH3 is 1. The Balaban J connectivity index is 1.00. The monoisotopic (exact) mass is 556 g/mol. The zero-order valence-electron chi connectivity index (χ0n) is 23.6. The third kappa shape index (κ3) is 5.32. The molecule has 7 rings (SSSR count). The minimum absolute atomic E-state index is 0.548. The minimum atomic E-state index is 0.548. The summed E-state index contributed by atoms with van der Waals surface area (Å²) in [7, 11) is 1.64. The summed E-state index contributed by atoms with van der Waals surface area (Å²) in [5.74, 6) is 2.33. The molecule has 4 aromatic heterocycles. The van der Waals surface area contributed by atoms with Crippen LogP contribution in [0.3, 0.4) is 0 Å². The Bertz CT molecular complexity index is 1470. The fourth-order valence-electron chi connectivity index (χ4n) is 6.21. The highest BCUT2D eigenvalue weighted by Gasteiger charge is 2.41. The molecule has 3 aliphatic heterocycles. The van der Waals surface area contributed by atoms with Crippen LogP contribution in [0.1, 0.15) is 17.5 Å². The van der Waals surface area contributed by atoms with Crippen LogP contribution in [0.5, 0.6) is 11.6 Å². The zero-order valence-corrected chi connectivity index (χ0v) is 23.6. The third-order valence-corrected chi connectivity index (χ3v) is 8.51. The van der Waals surface area contributed by atoms with Crippen molar-refractivity contribution < 1.29 is 14.2 Å². The van der Waals surface area contributed by atoms with Gasteiger partial charge in [0.2, 0.25) is 5.88 Å². The molecule has 11 heteroatoms. The van der Waals surface area contributed by atoms with E-state index in [1.54, 1.807) is 7.11 Å². The van der Waals surface area contributed by atoms with Crippen LogP contribution in [0.25, 0.3) is 16.8 Å². The first-order chi connectivity index (χ1) is 20.1. The van der Waals surface area contributed by atoms with Gasteiger partial charge < -0.3 is 19.1 Å².